The summed E-state index contributed by atoms with van der Waals surface area (Å²) in [4.78, 5) is 0. The highest BCUT2D eigenvalue weighted by Crippen LogP contribution is 2.34. The molecule has 0 fully saturated rings. The number of aryl methyl sites for hydroxylation is 1. The molecule has 0 unspecified atom stereocenters. The van der Waals surface area contributed by atoms with Gasteiger partial charge in [0.05, 0.1) is 21.3 Å². The number of nitrogens with zero attached hydrogens (tertiary/aromatic N) is 1. The molecule has 0 bridgehead atoms. The maximum Gasteiger partial charge on any atom is 0.416 e. The zero-order valence-electron chi connectivity index (χ0n) is 13.9. The predicted molar refractivity (Wildman–Crippen MR) is 84.9 cm³/mol. The van der Waals surface area contributed by atoms with Crippen molar-refractivity contribution in [2.75, 3.05) is 7.05 Å². The third-order valence-electron chi connectivity index (χ3n) is 3.56. The van der Waals surface area contributed by atoms with E-state index in [1.165, 1.54) is 6.07 Å². The molecular weight excluding hydrogens is 311 g/mol. The quantitative estimate of drug-likeness (QED) is 0.779. The lowest BCUT2D eigenvalue weighted by molar-refractivity contribution is -0.137. The lowest BCUT2D eigenvalue weighted by Crippen LogP contribution is -2.36. The molecule has 1 aromatic carbocycles. The average molecular weight is 335 g/mol. The standard InChI is InChI=1S/C16H24F3NOS/c1-7-12-8-13(10-14(9-12)16(17,18)19)11(2)20(6)22(21)15(3,4)5/h8-11H,7H2,1-6H3/t11-,22+/m1/s1. The van der Waals surface area contributed by atoms with Crippen LogP contribution in [0, 0.1) is 0 Å². The summed E-state index contributed by atoms with van der Waals surface area (Å²) < 4.78 is 52.7. The highest BCUT2D eigenvalue weighted by atomic mass is 32.2. The summed E-state index contributed by atoms with van der Waals surface area (Å²) in [6, 6.07) is 3.72. The van der Waals surface area contributed by atoms with E-state index in [1.807, 2.05) is 27.7 Å². The molecule has 22 heavy (non-hydrogen) atoms. The highest BCUT2D eigenvalue weighted by Gasteiger charge is 2.33. The molecule has 2 atom stereocenters. The molecule has 2 nitrogen and oxygen atoms in total. The van der Waals surface area contributed by atoms with E-state index in [4.69, 9.17) is 0 Å². The minimum Gasteiger partial charge on any atom is -0.242 e. The first-order valence-electron chi connectivity index (χ1n) is 7.23. The van der Waals surface area contributed by atoms with Gasteiger partial charge in [-0.2, -0.15) is 13.2 Å². The Labute approximate surface area is 133 Å². The van der Waals surface area contributed by atoms with Gasteiger partial charge in [0.1, 0.15) is 0 Å². The first kappa shape index (κ1) is 19.2. The van der Waals surface area contributed by atoms with Crippen LogP contribution in [-0.2, 0) is 23.6 Å². The zero-order valence-corrected chi connectivity index (χ0v) is 14.7. The van der Waals surface area contributed by atoms with Gasteiger partial charge in [-0.25, -0.2) is 8.51 Å². The molecule has 0 N–H and O–H groups in total. The third kappa shape index (κ3) is 4.56. The fourth-order valence-electron chi connectivity index (χ4n) is 2.11. The van der Waals surface area contributed by atoms with Crippen molar-refractivity contribution in [1.82, 2.24) is 4.31 Å². The fraction of sp³-hybridized carbons (Fsp3) is 0.625. The summed E-state index contributed by atoms with van der Waals surface area (Å²) in [6.07, 6.45) is -3.85. The molecule has 126 valence electrons. The molecule has 0 aliphatic carbocycles. The number of alkyl halides is 3. The van der Waals surface area contributed by atoms with Crippen LogP contribution in [0.15, 0.2) is 18.2 Å². The van der Waals surface area contributed by atoms with Gasteiger partial charge in [0.25, 0.3) is 0 Å². The summed E-state index contributed by atoms with van der Waals surface area (Å²) in [5, 5.41) is 0. The van der Waals surface area contributed by atoms with E-state index in [9.17, 15) is 17.4 Å². The van der Waals surface area contributed by atoms with E-state index in [2.05, 4.69) is 0 Å². The van der Waals surface area contributed by atoms with Gasteiger partial charge >= 0.3 is 6.18 Å². The Morgan fingerprint density at radius 3 is 2.14 bits per heavy atom. The molecule has 0 aromatic heterocycles. The largest absolute Gasteiger partial charge is 0.416 e. The SMILES string of the molecule is CCc1cc([C@@H](C)N(C)[S@@](=O)C(C)(C)C)cc(C(F)(F)F)c1. The molecule has 1 rings (SSSR count). The summed E-state index contributed by atoms with van der Waals surface area (Å²) in [7, 11) is 0.382. The van der Waals surface area contributed by atoms with E-state index >= 15 is 0 Å². The molecule has 0 saturated carbocycles. The van der Waals surface area contributed by atoms with Crippen molar-refractivity contribution in [2.45, 2.75) is 58.0 Å². The smallest absolute Gasteiger partial charge is 0.242 e. The molecule has 0 saturated heterocycles. The fourth-order valence-corrected chi connectivity index (χ4v) is 3.39. The second kappa shape index (κ2) is 6.71. The summed E-state index contributed by atoms with van der Waals surface area (Å²) in [5.41, 5.74) is 0.516. The normalized spacial score (nSPS) is 15.9. The van der Waals surface area contributed by atoms with Gasteiger partial charge in [-0.3, -0.25) is 0 Å². The molecule has 0 amide bonds. The Hall–Kier alpha value is -0.880. The van der Waals surface area contributed by atoms with E-state index in [-0.39, 0.29) is 6.04 Å². The van der Waals surface area contributed by atoms with Crippen molar-refractivity contribution in [3.8, 4) is 0 Å². The van der Waals surface area contributed by atoms with Crippen LogP contribution >= 0.6 is 0 Å². The Bertz CT molecular complexity index is 549. The number of rotatable bonds is 4. The van der Waals surface area contributed by atoms with Gasteiger partial charge < -0.3 is 0 Å². The van der Waals surface area contributed by atoms with Crippen LogP contribution in [0.25, 0.3) is 0 Å². The average Bonchev–Trinajstić information content (AvgIpc) is 2.42. The summed E-state index contributed by atoms with van der Waals surface area (Å²) in [5.74, 6) is 0. The molecule has 6 heteroatoms. The van der Waals surface area contributed by atoms with Gasteiger partial charge in [-0.05, 0) is 57.4 Å². The van der Waals surface area contributed by atoms with Gasteiger partial charge in [0.2, 0.25) is 0 Å². The van der Waals surface area contributed by atoms with Crippen molar-refractivity contribution in [3.63, 3.8) is 0 Å². The first-order valence-corrected chi connectivity index (χ1v) is 8.34. The molecule has 0 radical (unpaired) electrons. The van der Waals surface area contributed by atoms with Crippen molar-refractivity contribution in [3.05, 3.63) is 34.9 Å². The Morgan fingerprint density at radius 2 is 1.73 bits per heavy atom. The van der Waals surface area contributed by atoms with Crippen molar-refractivity contribution >= 4 is 11.0 Å². The lowest BCUT2D eigenvalue weighted by atomic mass is 9.99. The first-order chi connectivity index (χ1) is 9.87. The lowest BCUT2D eigenvalue weighted by Gasteiger charge is -2.31. The van der Waals surface area contributed by atoms with Gasteiger partial charge in [0.15, 0.2) is 0 Å². The van der Waals surface area contributed by atoms with E-state index in [1.54, 1.807) is 24.3 Å². The minimum absolute atomic E-state index is 0.368. The predicted octanol–water partition coefficient (Wildman–Crippen LogP) is 4.72. The molecular formula is C16H24F3NOS. The van der Waals surface area contributed by atoms with Crippen molar-refractivity contribution < 1.29 is 17.4 Å². The molecule has 1 aromatic rings. The number of halogens is 3. The van der Waals surface area contributed by atoms with Crippen LogP contribution in [-0.4, -0.2) is 20.3 Å². The molecule has 0 spiro atoms. The number of hydrogen-bond acceptors (Lipinski definition) is 1. The number of benzene rings is 1. The maximum absolute atomic E-state index is 13.0. The minimum atomic E-state index is -4.37. The van der Waals surface area contributed by atoms with Crippen molar-refractivity contribution in [1.29, 1.82) is 0 Å². The third-order valence-corrected chi connectivity index (χ3v) is 5.45. The van der Waals surface area contributed by atoms with Crippen LogP contribution in [0.2, 0.25) is 0 Å². The van der Waals surface area contributed by atoms with Crippen LogP contribution in [0.5, 0.6) is 0 Å². The van der Waals surface area contributed by atoms with Gasteiger partial charge in [0, 0.05) is 13.1 Å². The maximum atomic E-state index is 13.0. The monoisotopic (exact) mass is 335 g/mol. The molecule has 0 aliphatic heterocycles. The second-order valence-electron chi connectivity index (χ2n) is 6.40. The van der Waals surface area contributed by atoms with E-state index in [0.717, 1.165) is 6.07 Å². The topological polar surface area (TPSA) is 20.3 Å². The summed E-state index contributed by atoms with van der Waals surface area (Å²) >= 11 is 0. The van der Waals surface area contributed by atoms with E-state index in [0.29, 0.717) is 17.5 Å². The van der Waals surface area contributed by atoms with Crippen LogP contribution < -0.4 is 0 Å². The zero-order chi connectivity index (χ0) is 17.3. The van der Waals surface area contributed by atoms with E-state index < -0.39 is 27.5 Å². The molecule has 0 aliphatic rings. The second-order valence-corrected chi connectivity index (χ2v) is 8.70. The van der Waals surface area contributed by atoms with Crippen LogP contribution in [0.3, 0.4) is 0 Å². The Morgan fingerprint density at radius 1 is 1.18 bits per heavy atom. The van der Waals surface area contributed by atoms with Gasteiger partial charge in [-0.15, -0.1) is 0 Å². The van der Waals surface area contributed by atoms with Crippen LogP contribution in [0.1, 0.15) is 57.4 Å². The van der Waals surface area contributed by atoms with Crippen molar-refractivity contribution in [2.24, 2.45) is 0 Å². The highest BCUT2D eigenvalue weighted by molar-refractivity contribution is 7.84. The molecule has 0 heterocycles. The number of hydrogen-bond donors (Lipinski definition) is 0. The van der Waals surface area contributed by atoms with Gasteiger partial charge in [-0.1, -0.05) is 13.0 Å². The Kier molecular flexibility index (Phi) is 5.84. The Balaban J connectivity index is 3.23. The van der Waals surface area contributed by atoms with Crippen LogP contribution in [0.4, 0.5) is 13.2 Å². The summed E-state index contributed by atoms with van der Waals surface area (Å²) in [6.45, 7) is 9.13.